The Labute approximate surface area is 129 Å². The Hall–Kier alpha value is -2.00. The monoisotopic (exact) mass is 298 g/mol. The first-order chi connectivity index (χ1) is 10.3. The van der Waals surface area contributed by atoms with Crippen LogP contribution in [-0.4, -0.2) is 12.6 Å². The van der Waals surface area contributed by atoms with Crippen molar-refractivity contribution in [3.63, 3.8) is 0 Å². The summed E-state index contributed by atoms with van der Waals surface area (Å²) in [5, 5.41) is 0. The van der Waals surface area contributed by atoms with E-state index >= 15 is 0 Å². The minimum atomic E-state index is -0.295. The van der Waals surface area contributed by atoms with E-state index < -0.39 is 0 Å². The number of thioether (sulfide) groups is 1. The quantitative estimate of drug-likeness (QED) is 0.579. The lowest BCUT2D eigenvalue weighted by molar-refractivity contribution is -0.137. The maximum atomic E-state index is 11.7. The highest BCUT2D eigenvalue weighted by Gasteiger charge is 2.06. The molecule has 0 fully saturated rings. The average molecular weight is 298 g/mol. The molecule has 0 bridgehead atoms. The molecule has 0 amide bonds. The lowest BCUT2D eigenvalue weighted by Gasteiger charge is -2.08. The lowest BCUT2D eigenvalue weighted by Crippen LogP contribution is -2.00. The van der Waals surface area contributed by atoms with Gasteiger partial charge < -0.3 is 4.74 Å². The van der Waals surface area contributed by atoms with E-state index in [0.717, 1.165) is 16.2 Å². The first-order valence-corrected chi connectivity index (χ1v) is 7.88. The summed E-state index contributed by atoms with van der Waals surface area (Å²) in [5.74, 6) is 0.526. The summed E-state index contributed by atoms with van der Waals surface area (Å²) in [7, 11) is 0. The number of esters is 1. The minimum absolute atomic E-state index is 0.295. The molecule has 2 rings (SSSR count). The van der Waals surface area contributed by atoms with Gasteiger partial charge in [0, 0.05) is 16.7 Å². The summed E-state index contributed by atoms with van der Waals surface area (Å²) < 4.78 is 5.02. The van der Waals surface area contributed by atoms with Crippen molar-refractivity contribution in [2.75, 3.05) is 6.61 Å². The van der Waals surface area contributed by atoms with Gasteiger partial charge in [-0.15, -0.1) is 11.8 Å². The summed E-state index contributed by atoms with van der Waals surface area (Å²) in [6.07, 6.45) is 1.58. The van der Waals surface area contributed by atoms with Gasteiger partial charge in [-0.25, -0.2) is 4.79 Å². The van der Waals surface area contributed by atoms with E-state index in [1.165, 1.54) is 5.56 Å². The van der Waals surface area contributed by atoms with Gasteiger partial charge in [0.15, 0.2) is 0 Å². The van der Waals surface area contributed by atoms with Crippen LogP contribution in [0.1, 0.15) is 18.1 Å². The molecule has 0 heterocycles. The molecular formula is C18H18O2S. The van der Waals surface area contributed by atoms with Gasteiger partial charge in [0.25, 0.3) is 0 Å². The van der Waals surface area contributed by atoms with Crippen LogP contribution >= 0.6 is 11.8 Å². The Bertz CT molecular complexity index is 591. The Morgan fingerprint density at radius 1 is 1.05 bits per heavy atom. The number of carbonyl (C=O) groups excluding carboxylic acids is 1. The zero-order valence-corrected chi connectivity index (χ0v) is 12.8. The molecule has 0 N–H and O–H groups in total. The number of ether oxygens (including phenoxy) is 1. The lowest BCUT2D eigenvalue weighted by atomic mass is 10.2. The Kier molecular flexibility index (Phi) is 6.10. The second-order valence-corrected chi connectivity index (χ2v) is 5.42. The molecule has 0 unspecified atom stereocenters. The highest BCUT2D eigenvalue weighted by Crippen LogP contribution is 2.30. The average Bonchev–Trinajstić information content (AvgIpc) is 2.53. The van der Waals surface area contributed by atoms with Crippen LogP contribution in [0.3, 0.4) is 0 Å². The van der Waals surface area contributed by atoms with Crippen LogP contribution in [0.5, 0.6) is 0 Å². The Morgan fingerprint density at radius 3 is 2.29 bits per heavy atom. The van der Waals surface area contributed by atoms with Gasteiger partial charge in [0.05, 0.1) is 6.61 Å². The third-order valence-electron chi connectivity index (χ3n) is 2.83. The van der Waals surface area contributed by atoms with Crippen LogP contribution < -0.4 is 0 Å². The summed E-state index contributed by atoms with van der Waals surface area (Å²) >= 11 is 1.64. The molecule has 2 nitrogen and oxygen atoms in total. The SMILES string of the molecule is CCOC(=O)/C=C(\SCc1ccccc1)c1ccccc1. The molecule has 21 heavy (non-hydrogen) atoms. The first kappa shape index (κ1) is 15.4. The van der Waals surface area contributed by atoms with Crippen LogP contribution in [0, 0.1) is 0 Å². The Balaban J connectivity index is 2.14. The van der Waals surface area contributed by atoms with E-state index in [0.29, 0.717) is 6.61 Å². The summed E-state index contributed by atoms with van der Waals surface area (Å²) in [4.78, 5) is 12.7. The zero-order valence-electron chi connectivity index (χ0n) is 12.0. The fourth-order valence-corrected chi connectivity index (χ4v) is 2.83. The van der Waals surface area contributed by atoms with E-state index in [1.807, 2.05) is 55.5 Å². The molecule has 108 valence electrons. The molecule has 2 aromatic rings. The predicted octanol–water partition coefficient (Wildman–Crippen LogP) is 4.52. The fraction of sp³-hybridized carbons (Fsp3) is 0.167. The van der Waals surface area contributed by atoms with Crippen LogP contribution in [0.4, 0.5) is 0 Å². The molecule has 2 aromatic carbocycles. The second-order valence-electron chi connectivity index (χ2n) is 4.40. The van der Waals surface area contributed by atoms with Crippen molar-refractivity contribution in [3.8, 4) is 0 Å². The van der Waals surface area contributed by atoms with Gasteiger partial charge in [-0.05, 0) is 18.1 Å². The predicted molar refractivity (Wildman–Crippen MR) is 88.8 cm³/mol. The van der Waals surface area contributed by atoms with Gasteiger partial charge >= 0.3 is 5.97 Å². The van der Waals surface area contributed by atoms with Gasteiger partial charge in [0.2, 0.25) is 0 Å². The van der Waals surface area contributed by atoms with Crippen LogP contribution in [0.2, 0.25) is 0 Å². The smallest absolute Gasteiger partial charge is 0.331 e. The topological polar surface area (TPSA) is 26.3 Å². The summed E-state index contributed by atoms with van der Waals surface area (Å²) in [6, 6.07) is 20.1. The highest BCUT2D eigenvalue weighted by molar-refractivity contribution is 8.07. The second kappa shape index (κ2) is 8.32. The number of rotatable bonds is 6. The highest BCUT2D eigenvalue weighted by atomic mass is 32.2. The molecule has 0 aromatic heterocycles. The molecule has 0 spiro atoms. The van der Waals surface area contributed by atoms with Crippen molar-refractivity contribution in [3.05, 3.63) is 77.9 Å². The van der Waals surface area contributed by atoms with Crippen LogP contribution in [-0.2, 0) is 15.3 Å². The number of hydrogen-bond donors (Lipinski definition) is 0. The van der Waals surface area contributed by atoms with E-state index in [4.69, 9.17) is 4.74 Å². The Morgan fingerprint density at radius 2 is 1.67 bits per heavy atom. The van der Waals surface area contributed by atoms with Gasteiger partial charge in [-0.1, -0.05) is 60.7 Å². The van der Waals surface area contributed by atoms with E-state index in [-0.39, 0.29) is 5.97 Å². The van der Waals surface area contributed by atoms with E-state index in [9.17, 15) is 4.79 Å². The summed E-state index contributed by atoms with van der Waals surface area (Å²) in [5.41, 5.74) is 2.26. The maximum absolute atomic E-state index is 11.7. The molecule has 0 atom stereocenters. The van der Waals surface area contributed by atoms with E-state index in [1.54, 1.807) is 17.8 Å². The van der Waals surface area contributed by atoms with Gasteiger partial charge in [-0.2, -0.15) is 0 Å². The van der Waals surface area contributed by atoms with Crippen molar-refractivity contribution in [2.24, 2.45) is 0 Å². The molecule has 0 saturated carbocycles. The largest absolute Gasteiger partial charge is 0.463 e. The number of benzene rings is 2. The number of carbonyl (C=O) groups is 1. The molecular weight excluding hydrogens is 280 g/mol. The third kappa shape index (κ3) is 5.12. The first-order valence-electron chi connectivity index (χ1n) is 6.90. The van der Waals surface area contributed by atoms with Crippen molar-refractivity contribution >= 4 is 22.6 Å². The van der Waals surface area contributed by atoms with Crippen molar-refractivity contribution in [1.82, 2.24) is 0 Å². The van der Waals surface area contributed by atoms with Crippen LogP contribution in [0.15, 0.2) is 66.7 Å². The molecule has 0 aliphatic heterocycles. The molecule has 3 heteroatoms. The van der Waals surface area contributed by atoms with Crippen LogP contribution in [0.25, 0.3) is 4.91 Å². The normalized spacial score (nSPS) is 11.2. The maximum Gasteiger partial charge on any atom is 0.331 e. The van der Waals surface area contributed by atoms with Crippen molar-refractivity contribution in [2.45, 2.75) is 12.7 Å². The van der Waals surface area contributed by atoms with E-state index in [2.05, 4.69) is 12.1 Å². The zero-order chi connectivity index (χ0) is 14.9. The standard InChI is InChI=1S/C18H18O2S/c1-2-20-18(19)13-17(16-11-7-4-8-12-16)21-14-15-9-5-3-6-10-15/h3-13H,2,14H2,1H3/b17-13-. The van der Waals surface area contributed by atoms with Crippen molar-refractivity contribution < 1.29 is 9.53 Å². The van der Waals surface area contributed by atoms with Gasteiger partial charge in [0.1, 0.15) is 0 Å². The molecule has 0 aliphatic rings. The third-order valence-corrected chi connectivity index (χ3v) is 3.97. The minimum Gasteiger partial charge on any atom is -0.463 e. The molecule has 0 saturated heterocycles. The van der Waals surface area contributed by atoms with Gasteiger partial charge in [-0.3, -0.25) is 0 Å². The summed E-state index contributed by atoms with van der Waals surface area (Å²) in [6.45, 7) is 2.20. The molecule has 0 aliphatic carbocycles. The van der Waals surface area contributed by atoms with Crippen molar-refractivity contribution in [1.29, 1.82) is 0 Å². The number of hydrogen-bond acceptors (Lipinski definition) is 3. The molecule has 0 radical (unpaired) electrons. The fourth-order valence-electron chi connectivity index (χ4n) is 1.84.